The van der Waals surface area contributed by atoms with Gasteiger partial charge in [0.1, 0.15) is 0 Å². The lowest BCUT2D eigenvalue weighted by atomic mass is 10.2. The zero-order chi connectivity index (χ0) is 23.6. The van der Waals surface area contributed by atoms with Gasteiger partial charge >= 0.3 is 0 Å². The molecule has 0 aliphatic heterocycles. The number of rotatable bonds is 8. The third-order valence-corrected chi connectivity index (χ3v) is 6.40. The fourth-order valence-electron chi connectivity index (χ4n) is 3.80. The number of hydrogen-bond acceptors (Lipinski definition) is 6. The van der Waals surface area contributed by atoms with E-state index in [0.717, 1.165) is 0 Å². The summed E-state index contributed by atoms with van der Waals surface area (Å²) in [5.74, 6) is 0. The molecule has 2 aromatic rings. The standard InChI is InChI=1S/C24H41N6P/c1-25(2)19-13-17(14-20(26(3)4)23(19)29(9)10)31-18-15-21(27(5)6)24(30(11)12)22(16-18)28(7)8/h13-16,31H,1-12H3. The Balaban J connectivity index is 2.68. The number of benzene rings is 2. The van der Waals surface area contributed by atoms with Gasteiger partial charge in [-0.05, 0) is 34.9 Å². The van der Waals surface area contributed by atoms with Gasteiger partial charge in [0.05, 0.1) is 34.1 Å². The molecule has 0 radical (unpaired) electrons. The fourth-order valence-corrected chi connectivity index (χ4v) is 4.97. The summed E-state index contributed by atoms with van der Waals surface area (Å²) in [6.45, 7) is 0. The van der Waals surface area contributed by atoms with Gasteiger partial charge in [-0.2, -0.15) is 0 Å². The van der Waals surface area contributed by atoms with Gasteiger partial charge in [-0.1, -0.05) is 8.58 Å². The maximum atomic E-state index is 2.34. The van der Waals surface area contributed by atoms with Crippen LogP contribution in [0.2, 0.25) is 0 Å². The Kier molecular flexibility index (Phi) is 7.93. The summed E-state index contributed by atoms with van der Waals surface area (Å²) >= 11 is 0. The molecule has 0 amide bonds. The third kappa shape index (κ3) is 5.48. The van der Waals surface area contributed by atoms with E-state index in [4.69, 9.17) is 0 Å². The van der Waals surface area contributed by atoms with Gasteiger partial charge in [-0.3, -0.25) is 0 Å². The Labute approximate surface area is 191 Å². The van der Waals surface area contributed by atoms with Crippen LogP contribution in [0.15, 0.2) is 24.3 Å². The van der Waals surface area contributed by atoms with Crippen LogP contribution in [0.3, 0.4) is 0 Å². The zero-order valence-electron chi connectivity index (χ0n) is 21.5. The van der Waals surface area contributed by atoms with Crippen LogP contribution in [-0.2, 0) is 0 Å². The summed E-state index contributed by atoms with van der Waals surface area (Å²) in [6, 6.07) is 9.35. The van der Waals surface area contributed by atoms with Gasteiger partial charge in [-0.15, -0.1) is 0 Å². The summed E-state index contributed by atoms with van der Waals surface area (Å²) in [5, 5.41) is 2.68. The molecule has 0 fully saturated rings. The molecule has 31 heavy (non-hydrogen) atoms. The molecule has 0 aliphatic carbocycles. The molecule has 2 rings (SSSR count). The molecular formula is C24H41N6P. The SMILES string of the molecule is CN(C)c1cc(Pc2cc(N(C)C)c(N(C)C)c(N(C)C)c2)cc(N(C)C)c1N(C)C. The Morgan fingerprint density at radius 3 is 0.774 bits per heavy atom. The van der Waals surface area contributed by atoms with Crippen molar-refractivity contribution in [3.8, 4) is 0 Å². The van der Waals surface area contributed by atoms with Crippen molar-refractivity contribution in [2.45, 2.75) is 0 Å². The third-order valence-electron chi connectivity index (χ3n) is 5.25. The van der Waals surface area contributed by atoms with Crippen LogP contribution < -0.4 is 40.0 Å². The Hall–Kier alpha value is -2.33. The van der Waals surface area contributed by atoms with Crippen molar-refractivity contribution in [2.24, 2.45) is 0 Å². The predicted octanol–water partition coefficient (Wildman–Crippen LogP) is 2.71. The van der Waals surface area contributed by atoms with Crippen molar-refractivity contribution in [1.82, 2.24) is 0 Å². The van der Waals surface area contributed by atoms with E-state index in [0.29, 0.717) is 8.58 Å². The average molecular weight is 445 g/mol. The fraction of sp³-hybridized carbons (Fsp3) is 0.500. The van der Waals surface area contributed by atoms with E-state index in [9.17, 15) is 0 Å². The molecule has 172 valence electrons. The molecule has 6 nitrogen and oxygen atoms in total. The molecule has 0 unspecified atom stereocenters. The Morgan fingerprint density at radius 2 is 0.613 bits per heavy atom. The van der Waals surface area contributed by atoms with Gasteiger partial charge in [0, 0.05) is 84.6 Å². The monoisotopic (exact) mass is 444 g/mol. The second-order valence-electron chi connectivity index (χ2n) is 9.22. The second kappa shape index (κ2) is 9.86. The van der Waals surface area contributed by atoms with E-state index >= 15 is 0 Å². The molecular weight excluding hydrogens is 403 g/mol. The molecule has 0 aromatic heterocycles. The lowest BCUT2D eigenvalue weighted by molar-refractivity contribution is 1.05. The molecule has 0 saturated carbocycles. The maximum absolute atomic E-state index is 2.34. The Bertz CT molecular complexity index is 771. The normalized spacial score (nSPS) is 10.7. The lowest BCUT2D eigenvalue weighted by Crippen LogP contribution is -2.24. The number of anilines is 6. The highest BCUT2D eigenvalue weighted by molar-refractivity contribution is 7.55. The van der Waals surface area contributed by atoms with E-state index in [1.807, 2.05) is 0 Å². The number of nitrogens with zero attached hydrogens (tertiary/aromatic N) is 6. The van der Waals surface area contributed by atoms with Gasteiger partial charge < -0.3 is 29.4 Å². The van der Waals surface area contributed by atoms with E-state index in [2.05, 4.69) is 138 Å². The minimum absolute atomic E-state index is 0.569. The minimum Gasteiger partial charge on any atom is -0.376 e. The molecule has 0 saturated heterocycles. The first-order chi connectivity index (χ1) is 14.3. The number of hydrogen-bond donors (Lipinski definition) is 0. The first-order valence-electron chi connectivity index (χ1n) is 10.5. The highest BCUT2D eigenvalue weighted by Gasteiger charge is 2.19. The van der Waals surface area contributed by atoms with Crippen molar-refractivity contribution in [2.75, 3.05) is 114 Å². The lowest BCUT2D eigenvalue weighted by Gasteiger charge is -2.30. The highest BCUT2D eigenvalue weighted by atomic mass is 31.1. The molecule has 0 spiro atoms. The predicted molar refractivity (Wildman–Crippen MR) is 146 cm³/mol. The molecule has 0 bridgehead atoms. The molecule has 0 aliphatic rings. The van der Waals surface area contributed by atoms with Crippen LogP contribution >= 0.6 is 8.58 Å². The van der Waals surface area contributed by atoms with Crippen LogP contribution in [0.1, 0.15) is 0 Å². The Morgan fingerprint density at radius 1 is 0.387 bits per heavy atom. The summed E-state index contributed by atoms with van der Waals surface area (Å²) < 4.78 is 0. The summed E-state index contributed by atoms with van der Waals surface area (Å²) in [5.41, 5.74) is 7.45. The van der Waals surface area contributed by atoms with Crippen molar-refractivity contribution in [3.63, 3.8) is 0 Å². The summed E-state index contributed by atoms with van der Waals surface area (Å²) in [6.07, 6.45) is 0. The van der Waals surface area contributed by atoms with Crippen LogP contribution in [0.5, 0.6) is 0 Å². The van der Waals surface area contributed by atoms with Gasteiger partial charge in [0.2, 0.25) is 0 Å². The van der Waals surface area contributed by atoms with Crippen LogP contribution in [-0.4, -0.2) is 84.6 Å². The van der Waals surface area contributed by atoms with Crippen LogP contribution in [0.4, 0.5) is 34.1 Å². The minimum atomic E-state index is 0.569. The van der Waals surface area contributed by atoms with Crippen molar-refractivity contribution >= 4 is 53.3 Å². The van der Waals surface area contributed by atoms with E-state index in [1.54, 1.807) is 0 Å². The van der Waals surface area contributed by atoms with E-state index in [-0.39, 0.29) is 0 Å². The summed E-state index contributed by atoms with van der Waals surface area (Å²) in [7, 11) is 26.0. The zero-order valence-corrected chi connectivity index (χ0v) is 22.5. The maximum Gasteiger partial charge on any atom is 0.0836 e. The molecule has 0 atom stereocenters. The van der Waals surface area contributed by atoms with E-state index < -0.39 is 0 Å². The molecule has 0 N–H and O–H groups in total. The van der Waals surface area contributed by atoms with Gasteiger partial charge in [-0.25, -0.2) is 0 Å². The molecule has 0 heterocycles. The van der Waals surface area contributed by atoms with Gasteiger partial charge in [0.15, 0.2) is 0 Å². The smallest absolute Gasteiger partial charge is 0.0836 e. The van der Waals surface area contributed by atoms with Crippen LogP contribution in [0.25, 0.3) is 0 Å². The van der Waals surface area contributed by atoms with Crippen molar-refractivity contribution in [1.29, 1.82) is 0 Å². The van der Waals surface area contributed by atoms with Crippen LogP contribution in [0, 0.1) is 0 Å². The molecule has 2 aromatic carbocycles. The first-order valence-corrected chi connectivity index (χ1v) is 11.5. The topological polar surface area (TPSA) is 19.4 Å². The largest absolute Gasteiger partial charge is 0.376 e. The van der Waals surface area contributed by atoms with Gasteiger partial charge in [0.25, 0.3) is 0 Å². The first kappa shape index (κ1) is 24.9. The highest BCUT2D eigenvalue weighted by Crippen LogP contribution is 2.39. The quantitative estimate of drug-likeness (QED) is 0.579. The van der Waals surface area contributed by atoms with Crippen molar-refractivity contribution < 1.29 is 0 Å². The van der Waals surface area contributed by atoms with Crippen molar-refractivity contribution in [3.05, 3.63) is 24.3 Å². The van der Waals surface area contributed by atoms with E-state index in [1.165, 1.54) is 44.7 Å². The second-order valence-corrected chi connectivity index (χ2v) is 10.6. The molecule has 7 heteroatoms. The average Bonchev–Trinajstić information content (AvgIpc) is 2.65. The summed E-state index contributed by atoms with van der Waals surface area (Å²) in [4.78, 5) is 13.3.